The van der Waals surface area contributed by atoms with E-state index in [9.17, 15) is 8.42 Å². The Labute approximate surface area is 87.3 Å². The molecular weight excluding hydrogens is 198 g/mol. The third-order valence-corrected chi connectivity index (χ3v) is 3.80. The van der Waals surface area contributed by atoms with Crippen molar-refractivity contribution in [3.8, 4) is 0 Å². The second kappa shape index (κ2) is 4.62. The second-order valence-corrected chi connectivity index (χ2v) is 6.54. The highest BCUT2D eigenvalue weighted by Crippen LogP contribution is 2.29. The van der Waals surface area contributed by atoms with Crippen molar-refractivity contribution in [2.75, 3.05) is 6.26 Å². The van der Waals surface area contributed by atoms with Crippen LogP contribution in [0.2, 0.25) is 0 Å². The molecule has 2 atom stereocenters. The molecule has 14 heavy (non-hydrogen) atoms. The summed E-state index contributed by atoms with van der Waals surface area (Å²) >= 11 is 0. The molecule has 1 saturated carbocycles. The van der Waals surface area contributed by atoms with Gasteiger partial charge in [-0.1, -0.05) is 26.7 Å². The molecule has 0 radical (unpaired) electrons. The molecule has 1 N–H and O–H groups in total. The van der Waals surface area contributed by atoms with Crippen LogP contribution in [0.4, 0.5) is 0 Å². The first-order valence-electron chi connectivity index (χ1n) is 5.36. The number of rotatable bonds is 3. The van der Waals surface area contributed by atoms with Crippen LogP contribution < -0.4 is 4.72 Å². The van der Waals surface area contributed by atoms with Crippen molar-refractivity contribution in [2.24, 2.45) is 11.8 Å². The van der Waals surface area contributed by atoms with Crippen LogP contribution in [0.25, 0.3) is 0 Å². The quantitative estimate of drug-likeness (QED) is 0.786. The minimum absolute atomic E-state index is 0.172. The third kappa shape index (κ3) is 3.96. The monoisotopic (exact) mass is 219 g/mol. The van der Waals surface area contributed by atoms with Crippen LogP contribution in [0.15, 0.2) is 0 Å². The van der Waals surface area contributed by atoms with Crippen LogP contribution in [-0.4, -0.2) is 20.7 Å². The van der Waals surface area contributed by atoms with Crippen molar-refractivity contribution in [3.63, 3.8) is 0 Å². The summed E-state index contributed by atoms with van der Waals surface area (Å²) in [7, 11) is -3.02. The van der Waals surface area contributed by atoms with Crippen LogP contribution in [0.5, 0.6) is 0 Å². The molecule has 84 valence electrons. The number of sulfonamides is 1. The SMILES string of the molecule is CC(C)[C@@H]1CCC[C@@H](NS(C)(=O)=O)C1. The average Bonchev–Trinajstić information content (AvgIpc) is 2.01. The maximum Gasteiger partial charge on any atom is 0.208 e. The lowest BCUT2D eigenvalue weighted by Gasteiger charge is -2.31. The molecule has 0 heterocycles. The van der Waals surface area contributed by atoms with Gasteiger partial charge in [0.25, 0.3) is 0 Å². The number of hydrogen-bond acceptors (Lipinski definition) is 2. The van der Waals surface area contributed by atoms with Crippen LogP contribution >= 0.6 is 0 Å². The fraction of sp³-hybridized carbons (Fsp3) is 1.00. The van der Waals surface area contributed by atoms with E-state index in [2.05, 4.69) is 18.6 Å². The first-order valence-corrected chi connectivity index (χ1v) is 7.25. The Morgan fingerprint density at radius 3 is 2.43 bits per heavy atom. The molecule has 0 unspecified atom stereocenters. The van der Waals surface area contributed by atoms with Crippen molar-refractivity contribution < 1.29 is 8.42 Å². The summed E-state index contributed by atoms with van der Waals surface area (Å²) in [6.45, 7) is 4.43. The summed E-state index contributed by atoms with van der Waals surface area (Å²) in [5, 5.41) is 0. The van der Waals surface area contributed by atoms with Crippen LogP contribution in [0, 0.1) is 11.8 Å². The molecule has 1 aliphatic rings. The zero-order chi connectivity index (χ0) is 10.8. The lowest BCUT2D eigenvalue weighted by molar-refractivity contribution is 0.246. The molecule has 0 bridgehead atoms. The molecule has 3 nitrogen and oxygen atoms in total. The van der Waals surface area contributed by atoms with Crippen LogP contribution in [0.3, 0.4) is 0 Å². The Bertz CT molecular complexity index is 272. The maximum atomic E-state index is 11.1. The summed E-state index contributed by atoms with van der Waals surface area (Å²) < 4.78 is 24.8. The Hall–Kier alpha value is -0.0900. The largest absolute Gasteiger partial charge is 0.213 e. The first-order chi connectivity index (χ1) is 6.38. The maximum absolute atomic E-state index is 11.1. The fourth-order valence-corrected chi connectivity index (χ4v) is 3.06. The van der Waals surface area contributed by atoms with E-state index in [4.69, 9.17) is 0 Å². The summed E-state index contributed by atoms with van der Waals surface area (Å²) in [5.74, 6) is 1.35. The van der Waals surface area contributed by atoms with E-state index in [-0.39, 0.29) is 6.04 Å². The molecule has 0 aromatic rings. The molecule has 0 amide bonds. The lowest BCUT2D eigenvalue weighted by atomic mass is 9.80. The van der Waals surface area contributed by atoms with Gasteiger partial charge in [0.05, 0.1) is 6.26 Å². The Kier molecular flexibility index (Phi) is 3.95. The van der Waals surface area contributed by atoms with E-state index in [1.807, 2.05) is 0 Å². The topological polar surface area (TPSA) is 46.2 Å². The van der Waals surface area contributed by atoms with Gasteiger partial charge in [-0.2, -0.15) is 0 Å². The van der Waals surface area contributed by atoms with E-state index < -0.39 is 10.0 Å². The molecule has 0 saturated heterocycles. The molecule has 0 aromatic carbocycles. The molecule has 1 aliphatic carbocycles. The molecule has 0 aliphatic heterocycles. The highest BCUT2D eigenvalue weighted by molar-refractivity contribution is 7.88. The smallest absolute Gasteiger partial charge is 0.208 e. The lowest BCUT2D eigenvalue weighted by Crippen LogP contribution is -2.38. The van der Waals surface area contributed by atoms with Gasteiger partial charge in [-0.05, 0) is 24.7 Å². The minimum atomic E-state index is -3.02. The van der Waals surface area contributed by atoms with Crippen molar-refractivity contribution in [2.45, 2.75) is 45.6 Å². The van der Waals surface area contributed by atoms with Gasteiger partial charge in [0.2, 0.25) is 10.0 Å². The predicted molar refractivity (Wildman–Crippen MR) is 58.6 cm³/mol. The molecule has 1 fully saturated rings. The van der Waals surface area contributed by atoms with E-state index in [0.717, 1.165) is 19.3 Å². The van der Waals surface area contributed by atoms with E-state index in [1.54, 1.807) is 0 Å². The summed E-state index contributed by atoms with van der Waals surface area (Å²) in [6.07, 6.45) is 5.64. The van der Waals surface area contributed by atoms with Gasteiger partial charge < -0.3 is 0 Å². The van der Waals surface area contributed by atoms with Gasteiger partial charge in [0.15, 0.2) is 0 Å². The van der Waals surface area contributed by atoms with E-state index >= 15 is 0 Å². The van der Waals surface area contributed by atoms with Gasteiger partial charge in [0.1, 0.15) is 0 Å². The van der Waals surface area contributed by atoms with Gasteiger partial charge in [-0.15, -0.1) is 0 Å². The van der Waals surface area contributed by atoms with Gasteiger partial charge in [-0.3, -0.25) is 0 Å². The first kappa shape index (κ1) is 12.0. The molecular formula is C10H21NO2S. The highest BCUT2D eigenvalue weighted by atomic mass is 32.2. The second-order valence-electron chi connectivity index (χ2n) is 4.76. The van der Waals surface area contributed by atoms with E-state index in [1.165, 1.54) is 12.7 Å². The average molecular weight is 219 g/mol. The zero-order valence-corrected chi connectivity index (χ0v) is 10.1. The summed E-state index contributed by atoms with van der Waals surface area (Å²) in [6, 6.07) is 0.172. The summed E-state index contributed by atoms with van der Waals surface area (Å²) in [4.78, 5) is 0. The predicted octanol–water partition coefficient (Wildman–Crippen LogP) is 1.75. The normalized spacial score (nSPS) is 29.4. The van der Waals surface area contributed by atoms with Gasteiger partial charge in [0, 0.05) is 6.04 Å². The Morgan fingerprint density at radius 2 is 1.93 bits per heavy atom. The van der Waals surface area contributed by atoms with Gasteiger partial charge >= 0.3 is 0 Å². The number of hydrogen-bond donors (Lipinski definition) is 1. The van der Waals surface area contributed by atoms with Crippen molar-refractivity contribution >= 4 is 10.0 Å². The molecule has 4 heteroatoms. The van der Waals surface area contributed by atoms with Crippen molar-refractivity contribution in [1.82, 2.24) is 4.72 Å². The Balaban J connectivity index is 2.48. The zero-order valence-electron chi connectivity index (χ0n) is 9.29. The number of nitrogens with one attached hydrogen (secondary N) is 1. The molecule has 1 rings (SSSR count). The minimum Gasteiger partial charge on any atom is -0.213 e. The third-order valence-electron chi connectivity index (χ3n) is 3.04. The highest BCUT2D eigenvalue weighted by Gasteiger charge is 2.25. The van der Waals surface area contributed by atoms with Crippen LogP contribution in [-0.2, 0) is 10.0 Å². The van der Waals surface area contributed by atoms with Crippen LogP contribution in [0.1, 0.15) is 39.5 Å². The van der Waals surface area contributed by atoms with Crippen molar-refractivity contribution in [1.29, 1.82) is 0 Å². The van der Waals surface area contributed by atoms with E-state index in [0.29, 0.717) is 11.8 Å². The van der Waals surface area contributed by atoms with Gasteiger partial charge in [-0.25, -0.2) is 13.1 Å². The standard InChI is InChI=1S/C10H21NO2S/c1-8(2)9-5-4-6-10(7-9)11-14(3,12)13/h8-11H,4-7H2,1-3H3/t9-,10-/m1/s1. The van der Waals surface area contributed by atoms with Crippen molar-refractivity contribution in [3.05, 3.63) is 0 Å². The summed E-state index contributed by atoms with van der Waals surface area (Å²) in [5.41, 5.74) is 0. The molecule has 0 spiro atoms. The Morgan fingerprint density at radius 1 is 1.29 bits per heavy atom. The fourth-order valence-electron chi connectivity index (χ4n) is 2.24. The molecule has 0 aromatic heterocycles.